The molecule has 1 aliphatic carbocycles. The molecule has 2 fully saturated rings. The van der Waals surface area contributed by atoms with Gasteiger partial charge in [-0.3, -0.25) is 4.79 Å². The third-order valence-corrected chi connectivity index (χ3v) is 4.90. The number of nitrogen functional groups attached to an aromatic ring is 1. The quantitative estimate of drug-likeness (QED) is 0.834. The predicted octanol–water partition coefficient (Wildman–Crippen LogP) is 1.78. The maximum Gasteiger partial charge on any atom is 0.245 e. The van der Waals surface area contributed by atoms with Crippen LogP contribution in [0.2, 0.25) is 0 Å². The molecule has 4 rings (SSSR count). The zero-order valence-corrected chi connectivity index (χ0v) is 11.7. The summed E-state index contributed by atoms with van der Waals surface area (Å²) >= 11 is 0. The molecule has 4 nitrogen and oxygen atoms in total. The molecule has 1 amide bonds. The van der Waals surface area contributed by atoms with E-state index in [1.165, 1.54) is 24.1 Å². The average Bonchev–Trinajstić information content (AvgIpc) is 3.23. The largest absolute Gasteiger partial charge is 0.398 e. The Labute approximate surface area is 119 Å². The molecule has 3 aliphatic rings. The fraction of sp³-hybridized carbons (Fsp3) is 0.562. The van der Waals surface area contributed by atoms with Crippen LogP contribution in [-0.2, 0) is 11.2 Å². The van der Waals surface area contributed by atoms with Crippen LogP contribution in [0.1, 0.15) is 31.2 Å². The molecule has 1 unspecified atom stereocenters. The van der Waals surface area contributed by atoms with Crippen LogP contribution in [0.4, 0.5) is 11.4 Å². The van der Waals surface area contributed by atoms with Crippen molar-refractivity contribution in [2.45, 2.75) is 44.2 Å². The highest BCUT2D eigenvalue weighted by Crippen LogP contribution is 2.37. The van der Waals surface area contributed by atoms with E-state index in [1.54, 1.807) is 0 Å². The van der Waals surface area contributed by atoms with E-state index in [4.69, 9.17) is 5.73 Å². The zero-order chi connectivity index (χ0) is 13.7. The van der Waals surface area contributed by atoms with Gasteiger partial charge in [-0.15, -0.1) is 0 Å². The highest BCUT2D eigenvalue weighted by atomic mass is 16.2. The maximum atomic E-state index is 12.6. The van der Waals surface area contributed by atoms with E-state index in [-0.39, 0.29) is 6.04 Å². The van der Waals surface area contributed by atoms with E-state index in [2.05, 4.69) is 15.9 Å². The van der Waals surface area contributed by atoms with Gasteiger partial charge in [0.15, 0.2) is 0 Å². The van der Waals surface area contributed by atoms with Gasteiger partial charge in [0.1, 0.15) is 6.04 Å². The van der Waals surface area contributed by atoms with Crippen molar-refractivity contribution in [3.63, 3.8) is 0 Å². The number of amides is 1. The molecule has 0 aromatic heterocycles. The van der Waals surface area contributed by atoms with E-state index in [1.807, 2.05) is 12.1 Å². The number of carbonyl (C=O) groups excluding carboxylic acids is 1. The molecule has 2 N–H and O–H groups in total. The van der Waals surface area contributed by atoms with E-state index in [0.29, 0.717) is 11.9 Å². The summed E-state index contributed by atoms with van der Waals surface area (Å²) in [6, 6.07) is 6.67. The number of hydrogen-bond acceptors (Lipinski definition) is 3. The monoisotopic (exact) mass is 271 g/mol. The molecule has 106 valence electrons. The Morgan fingerprint density at radius 2 is 1.95 bits per heavy atom. The highest BCUT2D eigenvalue weighted by molar-refractivity contribution is 5.88. The average molecular weight is 271 g/mol. The van der Waals surface area contributed by atoms with Crippen molar-refractivity contribution < 1.29 is 4.79 Å². The van der Waals surface area contributed by atoms with Gasteiger partial charge in [0.05, 0.1) is 0 Å². The lowest BCUT2D eigenvalue weighted by atomic mass is 9.98. The number of nitrogens with zero attached hydrogens (tertiary/aromatic N) is 2. The van der Waals surface area contributed by atoms with Gasteiger partial charge >= 0.3 is 0 Å². The molecule has 2 heterocycles. The lowest BCUT2D eigenvalue weighted by Crippen LogP contribution is -2.45. The number of anilines is 2. The van der Waals surface area contributed by atoms with E-state index in [0.717, 1.165) is 38.0 Å². The SMILES string of the molecule is Nc1cccc2c1CCCN2C1CCN(C2CC2)C1=O. The normalized spacial score (nSPS) is 26.0. The molecule has 1 aromatic rings. The van der Waals surface area contributed by atoms with Crippen molar-refractivity contribution in [1.29, 1.82) is 0 Å². The molecule has 1 saturated carbocycles. The van der Waals surface area contributed by atoms with Crippen LogP contribution in [-0.4, -0.2) is 36.0 Å². The summed E-state index contributed by atoms with van der Waals surface area (Å²) in [7, 11) is 0. The van der Waals surface area contributed by atoms with Crippen LogP contribution in [0, 0.1) is 0 Å². The first kappa shape index (κ1) is 12.1. The minimum atomic E-state index is 0.0384. The summed E-state index contributed by atoms with van der Waals surface area (Å²) in [5.41, 5.74) is 9.39. The number of likely N-dealkylation sites (tertiary alicyclic amines) is 1. The molecule has 0 bridgehead atoms. The molecule has 0 spiro atoms. The molecule has 1 saturated heterocycles. The molecule has 20 heavy (non-hydrogen) atoms. The number of hydrogen-bond donors (Lipinski definition) is 1. The standard InChI is InChI=1S/C16H21N3O/c17-13-4-1-5-14-12(13)3-2-9-19(14)15-8-10-18(16(15)20)11-6-7-11/h1,4-5,11,15H,2-3,6-10,17H2. The number of nitrogens with two attached hydrogens (primary N) is 1. The number of benzene rings is 1. The Morgan fingerprint density at radius 1 is 1.10 bits per heavy atom. The summed E-state index contributed by atoms with van der Waals surface area (Å²) in [5, 5.41) is 0. The molecular weight excluding hydrogens is 250 g/mol. The molecule has 0 radical (unpaired) electrons. The Balaban J connectivity index is 1.64. The Hall–Kier alpha value is -1.71. The van der Waals surface area contributed by atoms with E-state index >= 15 is 0 Å². The van der Waals surface area contributed by atoms with Gasteiger partial charge in [-0.1, -0.05) is 6.07 Å². The lowest BCUT2D eigenvalue weighted by molar-refractivity contribution is -0.129. The topological polar surface area (TPSA) is 49.6 Å². The highest BCUT2D eigenvalue weighted by Gasteiger charge is 2.43. The van der Waals surface area contributed by atoms with Crippen molar-refractivity contribution in [2.75, 3.05) is 23.7 Å². The van der Waals surface area contributed by atoms with Gasteiger partial charge in [0.25, 0.3) is 0 Å². The van der Waals surface area contributed by atoms with Crippen molar-refractivity contribution in [2.24, 2.45) is 0 Å². The summed E-state index contributed by atoms with van der Waals surface area (Å²) in [6.45, 7) is 1.91. The third-order valence-electron chi connectivity index (χ3n) is 4.90. The second-order valence-corrected chi connectivity index (χ2v) is 6.21. The Morgan fingerprint density at radius 3 is 2.75 bits per heavy atom. The third kappa shape index (κ3) is 1.78. The van der Waals surface area contributed by atoms with Gasteiger partial charge in [-0.25, -0.2) is 0 Å². The summed E-state index contributed by atoms with van der Waals surface area (Å²) in [5.74, 6) is 0.336. The molecule has 1 atom stereocenters. The fourth-order valence-corrected chi connectivity index (χ4v) is 3.73. The first-order chi connectivity index (χ1) is 9.75. The van der Waals surface area contributed by atoms with Crippen LogP contribution in [0.5, 0.6) is 0 Å². The van der Waals surface area contributed by atoms with Crippen molar-refractivity contribution in [3.8, 4) is 0 Å². The first-order valence-corrected chi connectivity index (χ1v) is 7.70. The van der Waals surface area contributed by atoms with Gasteiger partial charge in [0.2, 0.25) is 5.91 Å². The van der Waals surface area contributed by atoms with Crippen LogP contribution in [0.15, 0.2) is 18.2 Å². The summed E-state index contributed by atoms with van der Waals surface area (Å²) < 4.78 is 0. The van der Waals surface area contributed by atoms with Crippen LogP contribution < -0.4 is 10.6 Å². The lowest BCUT2D eigenvalue weighted by Gasteiger charge is -2.35. The van der Waals surface area contributed by atoms with Gasteiger partial charge in [-0.2, -0.15) is 0 Å². The molecule has 4 heteroatoms. The van der Waals surface area contributed by atoms with Crippen LogP contribution in [0.3, 0.4) is 0 Å². The Bertz CT molecular complexity index is 553. The number of carbonyl (C=O) groups is 1. The molecular formula is C16H21N3O. The first-order valence-electron chi connectivity index (χ1n) is 7.70. The summed E-state index contributed by atoms with van der Waals surface area (Å²) in [4.78, 5) is 17.0. The molecule has 1 aromatic carbocycles. The van der Waals surface area contributed by atoms with Crippen molar-refractivity contribution >= 4 is 17.3 Å². The van der Waals surface area contributed by atoms with Crippen LogP contribution >= 0.6 is 0 Å². The smallest absolute Gasteiger partial charge is 0.245 e. The van der Waals surface area contributed by atoms with E-state index < -0.39 is 0 Å². The maximum absolute atomic E-state index is 12.6. The number of fused-ring (bicyclic) bond motifs is 1. The van der Waals surface area contributed by atoms with Gasteiger partial charge in [0, 0.05) is 30.5 Å². The zero-order valence-electron chi connectivity index (χ0n) is 11.7. The van der Waals surface area contributed by atoms with Crippen molar-refractivity contribution in [1.82, 2.24) is 4.90 Å². The van der Waals surface area contributed by atoms with Gasteiger partial charge in [-0.05, 0) is 49.8 Å². The molecule has 2 aliphatic heterocycles. The minimum Gasteiger partial charge on any atom is -0.398 e. The summed E-state index contributed by atoms with van der Waals surface area (Å²) in [6.07, 6.45) is 5.48. The predicted molar refractivity (Wildman–Crippen MR) is 79.7 cm³/mol. The van der Waals surface area contributed by atoms with Crippen molar-refractivity contribution in [3.05, 3.63) is 23.8 Å². The Kier molecular flexibility index (Phi) is 2.65. The number of rotatable bonds is 2. The van der Waals surface area contributed by atoms with E-state index in [9.17, 15) is 4.79 Å². The second kappa shape index (κ2) is 4.40. The fourth-order valence-electron chi connectivity index (χ4n) is 3.73. The second-order valence-electron chi connectivity index (χ2n) is 6.21. The van der Waals surface area contributed by atoms with Crippen LogP contribution in [0.25, 0.3) is 0 Å². The minimum absolute atomic E-state index is 0.0384. The van der Waals surface area contributed by atoms with Gasteiger partial charge < -0.3 is 15.5 Å².